The van der Waals surface area contributed by atoms with E-state index in [-0.39, 0.29) is 0 Å². The molecule has 1 unspecified atom stereocenters. The molecular weight excluding hydrogens is 222 g/mol. The molecule has 2 aliphatic rings. The Morgan fingerprint density at radius 3 is 2.72 bits per heavy atom. The van der Waals surface area contributed by atoms with Crippen molar-refractivity contribution in [1.29, 1.82) is 0 Å². The number of hydrogen-bond acceptors (Lipinski definition) is 1. The molecule has 0 saturated carbocycles. The number of hydrogen-bond donors (Lipinski definition) is 1. The first-order chi connectivity index (χ1) is 8.49. The van der Waals surface area contributed by atoms with Crippen LogP contribution < -0.4 is 4.90 Å². The van der Waals surface area contributed by atoms with Crippen molar-refractivity contribution < 1.29 is 9.64 Å². The molecule has 1 heterocycles. The van der Waals surface area contributed by atoms with Gasteiger partial charge in [-0.3, -0.25) is 0 Å². The zero-order valence-electron chi connectivity index (χ0n) is 12.7. The first-order valence-electron chi connectivity index (χ1n) is 7.62. The van der Waals surface area contributed by atoms with Crippen LogP contribution >= 0.6 is 0 Å². The van der Waals surface area contributed by atoms with Gasteiger partial charge in [0.05, 0.1) is 6.54 Å². The summed E-state index contributed by atoms with van der Waals surface area (Å²) in [6.45, 7) is 15.1. The smallest absolute Gasteiger partial charge is 0.194 e. The Kier molecular flexibility index (Phi) is 4.50. The fourth-order valence-electron chi connectivity index (χ4n) is 3.97. The maximum Gasteiger partial charge on any atom is 0.194 e. The molecule has 1 aliphatic carbocycles. The molecule has 2 rings (SSSR count). The first kappa shape index (κ1) is 14.1. The quantitative estimate of drug-likeness (QED) is 0.760. The third-order valence-electron chi connectivity index (χ3n) is 4.82. The van der Waals surface area contributed by atoms with Gasteiger partial charge < -0.3 is 9.64 Å². The fourth-order valence-corrected chi connectivity index (χ4v) is 3.97. The maximum absolute atomic E-state index is 5.91. The van der Waals surface area contributed by atoms with Crippen LogP contribution in [-0.2, 0) is 4.74 Å². The van der Waals surface area contributed by atoms with E-state index in [1.54, 1.807) is 10.5 Å². The predicted molar refractivity (Wildman–Crippen MR) is 75.5 cm³/mol. The van der Waals surface area contributed by atoms with Crippen LogP contribution in [0.5, 0.6) is 0 Å². The molecule has 104 valence electrons. The number of rotatable bonds is 3. The van der Waals surface area contributed by atoms with Crippen molar-refractivity contribution in [2.24, 2.45) is 23.7 Å². The van der Waals surface area contributed by atoms with Gasteiger partial charge in [-0.2, -0.15) is 0 Å². The Labute approximate surface area is 112 Å². The maximum atomic E-state index is 5.91. The standard InChI is InChI=1S/C16H29NO/c1-11(2)16-17(6-7-18-16)10-15-13(4)8-12(3)9-14(15)5/h8,11,13-16H,6-7,9-10H2,1-5H3/p+1/t13-,14-,15+,16-/m1/s1. The minimum atomic E-state index is 0.427. The molecule has 18 heavy (non-hydrogen) atoms. The van der Waals surface area contributed by atoms with Gasteiger partial charge in [0, 0.05) is 11.8 Å². The monoisotopic (exact) mass is 252 g/mol. The van der Waals surface area contributed by atoms with Crippen LogP contribution in [0.3, 0.4) is 0 Å². The number of ether oxygens (including phenoxy) is 1. The minimum Gasteiger partial charge on any atom is -0.323 e. The summed E-state index contributed by atoms with van der Waals surface area (Å²) in [4.78, 5) is 1.68. The van der Waals surface area contributed by atoms with Gasteiger partial charge in [0.1, 0.15) is 13.2 Å². The number of nitrogens with one attached hydrogen (secondary N) is 1. The molecule has 0 radical (unpaired) electrons. The molecule has 1 N–H and O–H groups in total. The summed E-state index contributed by atoms with van der Waals surface area (Å²) in [5, 5.41) is 0. The Morgan fingerprint density at radius 2 is 2.11 bits per heavy atom. The van der Waals surface area contributed by atoms with Crippen molar-refractivity contribution in [2.45, 2.75) is 47.3 Å². The van der Waals surface area contributed by atoms with E-state index < -0.39 is 0 Å². The second-order valence-corrected chi connectivity index (χ2v) is 6.87. The molecule has 5 atom stereocenters. The van der Waals surface area contributed by atoms with Crippen LogP contribution in [0.15, 0.2) is 11.6 Å². The summed E-state index contributed by atoms with van der Waals surface area (Å²) in [5.74, 6) is 3.02. The topological polar surface area (TPSA) is 13.7 Å². The van der Waals surface area contributed by atoms with E-state index in [1.165, 1.54) is 19.5 Å². The highest BCUT2D eigenvalue weighted by atomic mass is 16.5. The zero-order chi connectivity index (χ0) is 13.3. The predicted octanol–water partition coefficient (Wildman–Crippen LogP) is 2.12. The summed E-state index contributed by atoms with van der Waals surface area (Å²) in [5.41, 5.74) is 1.58. The van der Waals surface area contributed by atoms with Crippen molar-refractivity contribution in [2.75, 3.05) is 19.7 Å². The lowest BCUT2D eigenvalue weighted by Gasteiger charge is -2.35. The van der Waals surface area contributed by atoms with Crippen molar-refractivity contribution in [3.8, 4) is 0 Å². The fraction of sp³-hybridized carbons (Fsp3) is 0.875. The van der Waals surface area contributed by atoms with Gasteiger partial charge in [0.25, 0.3) is 0 Å². The van der Waals surface area contributed by atoms with Gasteiger partial charge in [-0.15, -0.1) is 0 Å². The average molecular weight is 252 g/mol. The van der Waals surface area contributed by atoms with E-state index >= 15 is 0 Å². The van der Waals surface area contributed by atoms with E-state index in [0.29, 0.717) is 12.1 Å². The largest absolute Gasteiger partial charge is 0.323 e. The van der Waals surface area contributed by atoms with E-state index in [4.69, 9.17) is 4.74 Å². The number of allylic oxidation sites excluding steroid dienone is 2. The van der Waals surface area contributed by atoms with Crippen LogP contribution in [-0.4, -0.2) is 25.9 Å². The molecule has 2 nitrogen and oxygen atoms in total. The molecule has 0 aromatic carbocycles. The lowest BCUT2D eigenvalue weighted by atomic mass is 9.74. The summed E-state index contributed by atoms with van der Waals surface area (Å²) < 4.78 is 5.91. The van der Waals surface area contributed by atoms with Gasteiger partial charge in [0.2, 0.25) is 0 Å². The van der Waals surface area contributed by atoms with Gasteiger partial charge in [-0.05, 0) is 25.2 Å². The summed E-state index contributed by atoms with van der Waals surface area (Å²) >= 11 is 0. The van der Waals surface area contributed by atoms with Gasteiger partial charge in [-0.1, -0.05) is 39.3 Å². The average Bonchev–Trinajstić information content (AvgIpc) is 2.71. The van der Waals surface area contributed by atoms with E-state index in [2.05, 4.69) is 40.7 Å². The third-order valence-corrected chi connectivity index (χ3v) is 4.82. The van der Waals surface area contributed by atoms with Crippen molar-refractivity contribution in [1.82, 2.24) is 0 Å². The van der Waals surface area contributed by atoms with Crippen molar-refractivity contribution >= 4 is 0 Å². The van der Waals surface area contributed by atoms with Gasteiger partial charge in [0.15, 0.2) is 6.23 Å². The van der Waals surface area contributed by atoms with Crippen LogP contribution in [0.1, 0.15) is 41.0 Å². The molecule has 0 amide bonds. The van der Waals surface area contributed by atoms with E-state index in [1.807, 2.05) is 0 Å². The molecule has 0 spiro atoms. The summed E-state index contributed by atoms with van der Waals surface area (Å²) in [6.07, 6.45) is 4.21. The highest BCUT2D eigenvalue weighted by Crippen LogP contribution is 2.32. The van der Waals surface area contributed by atoms with Gasteiger partial charge >= 0.3 is 0 Å². The molecular formula is C16H30NO+. The molecule has 1 fully saturated rings. The number of quaternary nitrogens is 1. The Morgan fingerprint density at radius 1 is 1.39 bits per heavy atom. The third kappa shape index (κ3) is 2.97. The van der Waals surface area contributed by atoms with Crippen LogP contribution in [0.2, 0.25) is 0 Å². The molecule has 1 saturated heterocycles. The molecule has 2 heteroatoms. The molecule has 1 aliphatic heterocycles. The molecule has 0 aromatic heterocycles. The summed E-state index contributed by atoms with van der Waals surface area (Å²) in [6, 6.07) is 0. The highest BCUT2D eigenvalue weighted by Gasteiger charge is 2.37. The Bertz CT molecular complexity index is 310. The first-order valence-corrected chi connectivity index (χ1v) is 7.62. The van der Waals surface area contributed by atoms with E-state index in [9.17, 15) is 0 Å². The van der Waals surface area contributed by atoms with Crippen LogP contribution in [0.4, 0.5) is 0 Å². The molecule has 0 aromatic rings. The van der Waals surface area contributed by atoms with Crippen molar-refractivity contribution in [3.63, 3.8) is 0 Å². The lowest BCUT2D eigenvalue weighted by molar-refractivity contribution is -0.932. The second-order valence-electron chi connectivity index (χ2n) is 6.87. The SMILES string of the molecule is CC1=C[C@@H](C)[C@H](C[NH+]2CCO[C@@H]2C(C)C)[C@H](C)C1. The van der Waals surface area contributed by atoms with E-state index in [0.717, 1.165) is 24.4 Å². The lowest BCUT2D eigenvalue weighted by Crippen LogP contribution is -3.15. The van der Waals surface area contributed by atoms with Crippen molar-refractivity contribution in [3.05, 3.63) is 11.6 Å². The normalized spacial score (nSPS) is 41.2. The second kappa shape index (κ2) is 5.75. The highest BCUT2D eigenvalue weighted by molar-refractivity contribution is 5.08. The zero-order valence-corrected chi connectivity index (χ0v) is 12.7. The Hall–Kier alpha value is -0.340. The van der Waals surface area contributed by atoms with Gasteiger partial charge in [-0.25, -0.2) is 0 Å². The minimum absolute atomic E-state index is 0.427. The Balaban J connectivity index is 2.00. The van der Waals surface area contributed by atoms with Crippen LogP contribution in [0, 0.1) is 23.7 Å². The summed E-state index contributed by atoms with van der Waals surface area (Å²) in [7, 11) is 0. The molecule has 0 bridgehead atoms. The van der Waals surface area contributed by atoms with Crippen LogP contribution in [0.25, 0.3) is 0 Å².